The lowest BCUT2D eigenvalue weighted by Crippen LogP contribution is -2.36. The van der Waals surface area contributed by atoms with Crippen molar-refractivity contribution in [3.05, 3.63) is 0 Å². The SMILES string of the molecule is CC1CC(NCC(N)=O)CS1. The second-order valence-electron chi connectivity index (χ2n) is 2.92. The van der Waals surface area contributed by atoms with Crippen LogP contribution in [0.5, 0.6) is 0 Å². The lowest BCUT2D eigenvalue weighted by atomic mass is 10.2. The van der Waals surface area contributed by atoms with Crippen molar-refractivity contribution in [3.8, 4) is 0 Å². The molecule has 0 spiro atoms. The molecule has 1 saturated heterocycles. The zero-order valence-electron chi connectivity index (χ0n) is 6.67. The lowest BCUT2D eigenvalue weighted by molar-refractivity contribution is -0.117. The van der Waals surface area contributed by atoms with Gasteiger partial charge in [0.25, 0.3) is 0 Å². The van der Waals surface area contributed by atoms with Crippen molar-refractivity contribution in [1.82, 2.24) is 5.32 Å². The molecule has 0 bridgehead atoms. The van der Waals surface area contributed by atoms with Crippen LogP contribution < -0.4 is 11.1 Å². The van der Waals surface area contributed by atoms with Gasteiger partial charge in [-0.25, -0.2) is 0 Å². The summed E-state index contributed by atoms with van der Waals surface area (Å²) >= 11 is 1.94. The Morgan fingerprint density at radius 3 is 3.00 bits per heavy atom. The number of thioether (sulfide) groups is 1. The minimum atomic E-state index is -0.269. The Hall–Kier alpha value is -0.220. The molecule has 0 aromatic rings. The molecule has 0 aromatic heterocycles. The summed E-state index contributed by atoms with van der Waals surface area (Å²) < 4.78 is 0. The Bertz CT molecular complexity index is 151. The molecule has 11 heavy (non-hydrogen) atoms. The molecule has 1 heterocycles. The third kappa shape index (κ3) is 3.12. The van der Waals surface area contributed by atoms with E-state index in [0.29, 0.717) is 12.6 Å². The van der Waals surface area contributed by atoms with E-state index in [-0.39, 0.29) is 5.91 Å². The van der Waals surface area contributed by atoms with Crippen LogP contribution in [0.1, 0.15) is 13.3 Å². The molecular weight excluding hydrogens is 160 g/mol. The van der Waals surface area contributed by atoms with Gasteiger partial charge in [-0.15, -0.1) is 0 Å². The van der Waals surface area contributed by atoms with Gasteiger partial charge in [0, 0.05) is 17.0 Å². The summed E-state index contributed by atoms with van der Waals surface area (Å²) in [5.41, 5.74) is 5.00. The van der Waals surface area contributed by atoms with Crippen molar-refractivity contribution in [2.45, 2.75) is 24.6 Å². The summed E-state index contributed by atoms with van der Waals surface area (Å²) in [5, 5.41) is 3.84. The predicted molar refractivity (Wildman–Crippen MR) is 47.5 cm³/mol. The summed E-state index contributed by atoms with van der Waals surface area (Å²) in [4.78, 5) is 10.4. The number of hydrogen-bond donors (Lipinski definition) is 2. The average Bonchev–Trinajstić information content (AvgIpc) is 2.31. The number of rotatable bonds is 3. The second kappa shape index (κ2) is 3.97. The molecule has 1 rings (SSSR count). The molecule has 2 unspecified atom stereocenters. The first-order chi connectivity index (χ1) is 5.18. The summed E-state index contributed by atoms with van der Waals surface area (Å²) in [6.07, 6.45) is 1.15. The summed E-state index contributed by atoms with van der Waals surface area (Å²) in [6, 6.07) is 0.488. The molecule has 0 aliphatic carbocycles. The Labute approximate surface area is 71.1 Å². The first-order valence-corrected chi connectivity index (χ1v) is 4.86. The van der Waals surface area contributed by atoms with E-state index in [1.165, 1.54) is 0 Å². The Kier molecular flexibility index (Phi) is 3.20. The van der Waals surface area contributed by atoms with E-state index in [0.717, 1.165) is 17.4 Å². The van der Waals surface area contributed by atoms with Gasteiger partial charge in [-0.2, -0.15) is 11.8 Å². The van der Waals surface area contributed by atoms with Crippen molar-refractivity contribution in [1.29, 1.82) is 0 Å². The fourth-order valence-electron chi connectivity index (χ4n) is 1.20. The van der Waals surface area contributed by atoms with Crippen LogP contribution >= 0.6 is 11.8 Å². The van der Waals surface area contributed by atoms with Gasteiger partial charge in [-0.05, 0) is 6.42 Å². The van der Waals surface area contributed by atoms with Gasteiger partial charge in [-0.1, -0.05) is 6.92 Å². The number of hydrogen-bond acceptors (Lipinski definition) is 3. The molecule has 1 fully saturated rings. The predicted octanol–water partition coefficient (Wildman–Crippen LogP) is -0.0447. The standard InChI is InChI=1S/C7H14N2OS/c1-5-2-6(4-11-5)9-3-7(8)10/h5-6,9H,2-4H2,1H3,(H2,8,10). The van der Waals surface area contributed by atoms with Gasteiger partial charge in [0.2, 0.25) is 5.91 Å². The largest absolute Gasteiger partial charge is 0.369 e. The maximum absolute atomic E-state index is 10.4. The normalized spacial score (nSPS) is 30.6. The minimum absolute atomic E-state index is 0.269. The number of amides is 1. The van der Waals surface area contributed by atoms with E-state index in [1.54, 1.807) is 0 Å². The van der Waals surface area contributed by atoms with Crippen molar-refractivity contribution in [3.63, 3.8) is 0 Å². The Morgan fingerprint density at radius 1 is 1.82 bits per heavy atom. The molecule has 3 nitrogen and oxygen atoms in total. The topological polar surface area (TPSA) is 55.1 Å². The zero-order valence-corrected chi connectivity index (χ0v) is 7.49. The van der Waals surface area contributed by atoms with E-state index in [4.69, 9.17) is 5.73 Å². The first kappa shape index (κ1) is 8.87. The number of carbonyl (C=O) groups excluding carboxylic acids is 1. The van der Waals surface area contributed by atoms with Crippen molar-refractivity contribution < 1.29 is 4.79 Å². The molecule has 0 radical (unpaired) electrons. The number of nitrogens with two attached hydrogens (primary N) is 1. The van der Waals surface area contributed by atoms with Gasteiger partial charge in [-0.3, -0.25) is 4.79 Å². The third-order valence-electron chi connectivity index (χ3n) is 1.76. The van der Waals surface area contributed by atoms with Gasteiger partial charge in [0.1, 0.15) is 0 Å². The quantitative estimate of drug-likeness (QED) is 0.631. The van der Waals surface area contributed by atoms with Crippen LogP contribution in [-0.4, -0.2) is 29.5 Å². The van der Waals surface area contributed by atoms with Crippen molar-refractivity contribution in [2.75, 3.05) is 12.3 Å². The van der Waals surface area contributed by atoms with E-state index >= 15 is 0 Å². The highest BCUT2D eigenvalue weighted by Crippen LogP contribution is 2.25. The summed E-state index contributed by atoms with van der Waals surface area (Å²) in [6.45, 7) is 2.52. The fourth-order valence-corrected chi connectivity index (χ4v) is 2.39. The third-order valence-corrected chi connectivity index (χ3v) is 3.12. The van der Waals surface area contributed by atoms with Crippen molar-refractivity contribution >= 4 is 17.7 Å². The lowest BCUT2D eigenvalue weighted by Gasteiger charge is -2.08. The summed E-state index contributed by atoms with van der Waals surface area (Å²) in [7, 11) is 0. The highest BCUT2D eigenvalue weighted by atomic mass is 32.2. The molecule has 4 heteroatoms. The van der Waals surface area contributed by atoms with Crippen LogP contribution in [0.3, 0.4) is 0 Å². The zero-order chi connectivity index (χ0) is 8.27. The monoisotopic (exact) mass is 174 g/mol. The smallest absolute Gasteiger partial charge is 0.231 e. The molecule has 0 saturated carbocycles. The molecule has 1 aliphatic heterocycles. The molecule has 1 aliphatic rings. The van der Waals surface area contributed by atoms with Crippen LogP contribution in [0.25, 0.3) is 0 Å². The van der Waals surface area contributed by atoms with Crippen LogP contribution in [0, 0.1) is 0 Å². The van der Waals surface area contributed by atoms with E-state index in [2.05, 4.69) is 12.2 Å². The number of nitrogens with one attached hydrogen (secondary N) is 1. The minimum Gasteiger partial charge on any atom is -0.369 e. The van der Waals surface area contributed by atoms with E-state index < -0.39 is 0 Å². The first-order valence-electron chi connectivity index (χ1n) is 3.82. The Balaban J connectivity index is 2.13. The van der Waals surface area contributed by atoms with Gasteiger partial charge in [0.05, 0.1) is 6.54 Å². The maximum atomic E-state index is 10.4. The fraction of sp³-hybridized carbons (Fsp3) is 0.857. The molecule has 1 amide bonds. The van der Waals surface area contributed by atoms with Crippen LogP contribution in [0.15, 0.2) is 0 Å². The van der Waals surface area contributed by atoms with E-state index in [1.807, 2.05) is 11.8 Å². The summed E-state index contributed by atoms with van der Waals surface area (Å²) in [5.74, 6) is 0.837. The molecule has 0 aromatic carbocycles. The molecule has 64 valence electrons. The van der Waals surface area contributed by atoms with Gasteiger partial charge in [0.15, 0.2) is 0 Å². The average molecular weight is 174 g/mol. The number of carbonyl (C=O) groups is 1. The Morgan fingerprint density at radius 2 is 2.55 bits per heavy atom. The van der Waals surface area contributed by atoms with Crippen molar-refractivity contribution in [2.24, 2.45) is 5.73 Å². The van der Waals surface area contributed by atoms with Crippen LogP contribution in [0.2, 0.25) is 0 Å². The molecular formula is C7H14N2OS. The van der Waals surface area contributed by atoms with E-state index in [9.17, 15) is 4.79 Å². The van der Waals surface area contributed by atoms with Crippen LogP contribution in [0.4, 0.5) is 0 Å². The van der Waals surface area contributed by atoms with Gasteiger partial charge < -0.3 is 11.1 Å². The molecule has 2 atom stereocenters. The maximum Gasteiger partial charge on any atom is 0.231 e. The van der Waals surface area contributed by atoms with Gasteiger partial charge >= 0.3 is 0 Å². The molecule has 3 N–H and O–H groups in total. The van der Waals surface area contributed by atoms with Crippen LogP contribution in [-0.2, 0) is 4.79 Å². The highest BCUT2D eigenvalue weighted by Gasteiger charge is 2.21. The second-order valence-corrected chi connectivity index (χ2v) is 4.40. The highest BCUT2D eigenvalue weighted by molar-refractivity contribution is 8.00. The number of primary amides is 1.